The van der Waals surface area contributed by atoms with Gasteiger partial charge in [0.05, 0.1) is 11.6 Å². The van der Waals surface area contributed by atoms with Gasteiger partial charge in [0, 0.05) is 4.70 Å². The van der Waals surface area contributed by atoms with E-state index in [0.717, 1.165) is 11.1 Å². The Balaban J connectivity index is 1.85. The Morgan fingerprint density at radius 1 is 1.19 bits per heavy atom. The number of oxazole rings is 1. The Kier molecular flexibility index (Phi) is 2.70. The van der Waals surface area contributed by atoms with Crippen LogP contribution in [0.4, 0.5) is 0 Å². The lowest BCUT2D eigenvalue weighted by atomic mass is 9.99. The van der Waals surface area contributed by atoms with Crippen LogP contribution < -0.4 is 11.5 Å². The molecule has 0 fully saturated rings. The van der Waals surface area contributed by atoms with E-state index >= 15 is 0 Å². The maximum atomic E-state index is 11.2. The minimum atomic E-state index is -0.447. The van der Waals surface area contributed by atoms with Crippen LogP contribution in [0.5, 0.6) is 0 Å². The number of aromatic amines is 1. The van der Waals surface area contributed by atoms with Crippen LogP contribution in [0, 0.1) is 0 Å². The first-order chi connectivity index (χ1) is 10.2. The second kappa shape index (κ2) is 4.58. The fourth-order valence-electron chi connectivity index (χ4n) is 2.57. The molecule has 1 unspecified atom stereocenters. The molecule has 4 rings (SSSR count). The van der Waals surface area contributed by atoms with Gasteiger partial charge < -0.3 is 10.2 Å². The van der Waals surface area contributed by atoms with Gasteiger partial charge in [0.1, 0.15) is 0 Å². The van der Waals surface area contributed by atoms with Crippen LogP contribution >= 0.6 is 11.3 Å². The highest BCUT2D eigenvalue weighted by atomic mass is 32.1. The fourth-order valence-corrected chi connectivity index (χ4v) is 3.57. The summed E-state index contributed by atoms with van der Waals surface area (Å²) in [6.45, 7) is 0. The largest absolute Gasteiger partial charge is 0.417 e. The Hall–Kier alpha value is -2.37. The molecule has 21 heavy (non-hydrogen) atoms. The number of nitrogens with one attached hydrogen (secondary N) is 1. The molecule has 0 bridgehead atoms. The molecule has 3 N–H and O–H groups in total. The van der Waals surface area contributed by atoms with Crippen LogP contribution in [0.1, 0.15) is 17.2 Å². The summed E-state index contributed by atoms with van der Waals surface area (Å²) in [5.41, 5.74) is 9.64. The van der Waals surface area contributed by atoms with Crippen LogP contribution in [0.2, 0.25) is 0 Å². The Bertz CT molecular complexity index is 996. The van der Waals surface area contributed by atoms with E-state index in [0.29, 0.717) is 11.1 Å². The summed E-state index contributed by atoms with van der Waals surface area (Å²) < 4.78 is 6.32. The van der Waals surface area contributed by atoms with E-state index < -0.39 is 5.76 Å². The highest BCUT2D eigenvalue weighted by Crippen LogP contribution is 2.32. The molecule has 0 aliphatic carbocycles. The number of thiophene rings is 1. The third-order valence-corrected chi connectivity index (χ3v) is 4.63. The Morgan fingerprint density at radius 2 is 2.05 bits per heavy atom. The molecule has 0 spiro atoms. The van der Waals surface area contributed by atoms with Crippen LogP contribution in [0.15, 0.2) is 57.1 Å². The summed E-state index contributed by atoms with van der Waals surface area (Å²) in [4.78, 5) is 13.8. The first-order valence-corrected chi connectivity index (χ1v) is 7.45. The predicted molar refractivity (Wildman–Crippen MR) is 84.7 cm³/mol. The van der Waals surface area contributed by atoms with Crippen molar-refractivity contribution in [2.45, 2.75) is 6.04 Å². The van der Waals surface area contributed by atoms with Gasteiger partial charge in [-0.2, -0.15) is 0 Å². The number of benzene rings is 2. The van der Waals surface area contributed by atoms with Crippen LogP contribution in [-0.2, 0) is 0 Å². The monoisotopic (exact) mass is 296 g/mol. The van der Waals surface area contributed by atoms with Crippen molar-refractivity contribution in [1.29, 1.82) is 0 Å². The molecule has 0 saturated heterocycles. The summed E-state index contributed by atoms with van der Waals surface area (Å²) in [5.74, 6) is -0.447. The van der Waals surface area contributed by atoms with E-state index in [2.05, 4.69) is 22.5 Å². The van der Waals surface area contributed by atoms with Gasteiger partial charge in [0.25, 0.3) is 0 Å². The van der Waals surface area contributed by atoms with Gasteiger partial charge in [0.15, 0.2) is 5.58 Å². The lowest BCUT2D eigenvalue weighted by molar-refractivity contribution is 0.555. The second-order valence-electron chi connectivity index (χ2n) is 4.93. The smallest absolute Gasteiger partial charge is 0.408 e. The molecule has 104 valence electrons. The summed E-state index contributed by atoms with van der Waals surface area (Å²) in [6, 6.07) is 13.5. The maximum Gasteiger partial charge on any atom is 0.417 e. The van der Waals surface area contributed by atoms with Gasteiger partial charge >= 0.3 is 5.76 Å². The highest BCUT2D eigenvalue weighted by Gasteiger charge is 2.15. The highest BCUT2D eigenvalue weighted by molar-refractivity contribution is 7.17. The number of rotatable bonds is 2. The van der Waals surface area contributed by atoms with Gasteiger partial charge in [0.2, 0.25) is 0 Å². The van der Waals surface area contributed by atoms with Gasteiger partial charge in [-0.1, -0.05) is 24.3 Å². The minimum absolute atomic E-state index is 0.245. The summed E-state index contributed by atoms with van der Waals surface area (Å²) >= 11 is 1.69. The van der Waals surface area contributed by atoms with Gasteiger partial charge in [-0.05, 0) is 40.1 Å². The molecule has 0 aliphatic heterocycles. The zero-order valence-electron chi connectivity index (χ0n) is 11.0. The van der Waals surface area contributed by atoms with E-state index in [1.54, 1.807) is 11.3 Å². The molecular weight excluding hydrogens is 284 g/mol. The number of hydrogen-bond donors (Lipinski definition) is 2. The van der Waals surface area contributed by atoms with Crippen LogP contribution in [0.3, 0.4) is 0 Å². The van der Waals surface area contributed by atoms with E-state index in [9.17, 15) is 4.79 Å². The average molecular weight is 296 g/mol. The zero-order chi connectivity index (χ0) is 14.4. The predicted octanol–water partition coefficient (Wildman–Crippen LogP) is 3.38. The molecule has 4 nitrogen and oxygen atoms in total. The summed E-state index contributed by atoms with van der Waals surface area (Å²) in [6.07, 6.45) is 0. The number of fused-ring (bicyclic) bond motifs is 2. The Morgan fingerprint density at radius 3 is 2.95 bits per heavy atom. The molecule has 5 heteroatoms. The third kappa shape index (κ3) is 1.98. The minimum Gasteiger partial charge on any atom is -0.408 e. The summed E-state index contributed by atoms with van der Waals surface area (Å²) in [7, 11) is 0. The topological polar surface area (TPSA) is 72.0 Å². The molecule has 2 heterocycles. The van der Waals surface area contributed by atoms with Crippen molar-refractivity contribution in [3.8, 4) is 0 Å². The molecule has 0 amide bonds. The van der Waals surface area contributed by atoms with Crippen LogP contribution in [0.25, 0.3) is 21.2 Å². The molecule has 0 radical (unpaired) electrons. The van der Waals surface area contributed by atoms with E-state index in [1.165, 1.54) is 10.1 Å². The summed E-state index contributed by atoms with van der Waals surface area (Å²) in [5, 5.41) is 3.26. The lowest BCUT2D eigenvalue weighted by Crippen LogP contribution is -2.11. The van der Waals surface area contributed by atoms with E-state index in [-0.39, 0.29) is 6.04 Å². The molecular formula is C16H12N2O2S. The first-order valence-electron chi connectivity index (χ1n) is 6.57. The molecule has 0 aliphatic rings. The fraction of sp³-hybridized carbons (Fsp3) is 0.0625. The van der Waals surface area contributed by atoms with Gasteiger partial charge in [-0.3, -0.25) is 4.98 Å². The molecule has 2 aromatic carbocycles. The number of aromatic nitrogens is 1. The van der Waals surface area contributed by atoms with Crippen molar-refractivity contribution in [2.75, 3.05) is 0 Å². The third-order valence-electron chi connectivity index (χ3n) is 3.65. The molecule has 2 aromatic heterocycles. The molecule has 0 saturated carbocycles. The van der Waals surface area contributed by atoms with Crippen molar-refractivity contribution >= 4 is 32.5 Å². The standard InChI is InChI=1S/C16H12N2O2S/c17-15(11-8-21-14-4-2-1-3-10(11)14)9-5-6-12-13(7-9)20-16(19)18-12/h1-8,15H,17H2,(H,18,19). The first kappa shape index (κ1) is 12.4. The van der Waals surface area contributed by atoms with Crippen LogP contribution in [-0.4, -0.2) is 4.98 Å². The molecule has 4 aromatic rings. The quantitative estimate of drug-likeness (QED) is 0.595. The SMILES string of the molecule is NC(c1ccc2[nH]c(=O)oc2c1)c1csc2ccccc12. The van der Waals surface area contributed by atoms with Crippen molar-refractivity contribution in [3.63, 3.8) is 0 Å². The van der Waals surface area contributed by atoms with Crippen molar-refractivity contribution in [3.05, 3.63) is 69.5 Å². The normalized spacial score (nSPS) is 13.0. The van der Waals surface area contributed by atoms with Crippen molar-refractivity contribution < 1.29 is 4.42 Å². The van der Waals surface area contributed by atoms with Crippen molar-refractivity contribution in [1.82, 2.24) is 4.98 Å². The number of H-pyrrole nitrogens is 1. The lowest BCUT2D eigenvalue weighted by Gasteiger charge is -2.11. The van der Waals surface area contributed by atoms with Gasteiger partial charge in [-0.25, -0.2) is 4.79 Å². The number of nitrogens with two attached hydrogens (primary N) is 1. The second-order valence-corrected chi connectivity index (χ2v) is 5.85. The van der Waals surface area contributed by atoms with Gasteiger partial charge in [-0.15, -0.1) is 11.3 Å². The average Bonchev–Trinajstić information content (AvgIpc) is 3.07. The van der Waals surface area contributed by atoms with Crippen molar-refractivity contribution in [2.24, 2.45) is 5.73 Å². The molecule has 1 atom stereocenters. The zero-order valence-corrected chi connectivity index (χ0v) is 11.8. The Labute approximate surface area is 123 Å². The maximum absolute atomic E-state index is 11.2. The van der Waals surface area contributed by atoms with E-state index in [4.69, 9.17) is 10.2 Å². The number of hydrogen-bond acceptors (Lipinski definition) is 4. The van der Waals surface area contributed by atoms with E-state index in [1.807, 2.05) is 30.3 Å².